The third-order valence-corrected chi connectivity index (χ3v) is 2.93. The average molecular weight is 223 g/mol. The van der Waals surface area contributed by atoms with Crippen LogP contribution in [0.1, 0.15) is 23.3 Å². The van der Waals surface area contributed by atoms with Crippen LogP contribution < -0.4 is 5.73 Å². The molecule has 2 heterocycles. The lowest BCUT2D eigenvalue weighted by molar-refractivity contribution is 0.0266. The molecule has 5 nitrogen and oxygen atoms in total. The molecule has 1 aliphatic rings. The number of anilines is 1. The standard InChI is InChI=1S/C11H17N3O2/c1-16-9-3-2-4-14(7-9)11(15)10-5-8(12)6-13-10/h5-6,9,13H,2-4,7,12H2,1H3. The van der Waals surface area contributed by atoms with Gasteiger partial charge >= 0.3 is 0 Å². The van der Waals surface area contributed by atoms with Crippen molar-refractivity contribution in [1.82, 2.24) is 9.88 Å². The zero-order chi connectivity index (χ0) is 11.5. The molecule has 16 heavy (non-hydrogen) atoms. The highest BCUT2D eigenvalue weighted by atomic mass is 16.5. The number of carbonyl (C=O) groups is 1. The highest BCUT2D eigenvalue weighted by Crippen LogP contribution is 2.16. The van der Waals surface area contributed by atoms with Crippen LogP contribution in [0, 0.1) is 0 Å². The lowest BCUT2D eigenvalue weighted by atomic mass is 10.1. The Morgan fingerprint density at radius 2 is 2.50 bits per heavy atom. The van der Waals surface area contributed by atoms with Crippen molar-refractivity contribution in [3.05, 3.63) is 18.0 Å². The summed E-state index contributed by atoms with van der Waals surface area (Å²) in [4.78, 5) is 16.7. The SMILES string of the molecule is COC1CCCN(C(=O)c2cc(N)c[nH]2)C1. The van der Waals surface area contributed by atoms with Gasteiger partial charge in [0.15, 0.2) is 0 Å². The fourth-order valence-corrected chi connectivity index (χ4v) is 2.02. The molecule has 0 spiro atoms. The number of H-pyrrole nitrogens is 1. The number of carbonyl (C=O) groups excluding carboxylic acids is 1. The number of likely N-dealkylation sites (tertiary alicyclic amines) is 1. The third kappa shape index (κ3) is 2.19. The van der Waals surface area contributed by atoms with Crippen LogP contribution in [-0.4, -0.2) is 42.1 Å². The van der Waals surface area contributed by atoms with Crippen molar-refractivity contribution in [2.24, 2.45) is 0 Å². The van der Waals surface area contributed by atoms with Crippen LogP contribution >= 0.6 is 0 Å². The Kier molecular flexibility index (Phi) is 3.14. The van der Waals surface area contributed by atoms with Gasteiger partial charge in [0, 0.05) is 32.1 Å². The predicted octanol–water partition coefficient (Wildman–Crippen LogP) is 0.848. The molecule has 1 atom stereocenters. The fourth-order valence-electron chi connectivity index (χ4n) is 2.02. The van der Waals surface area contributed by atoms with Crippen molar-refractivity contribution in [1.29, 1.82) is 0 Å². The minimum atomic E-state index is -0.00144. The number of nitrogens with two attached hydrogens (primary N) is 1. The van der Waals surface area contributed by atoms with Crippen molar-refractivity contribution in [2.45, 2.75) is 18.9 Å². The smallest absolute Gasteiger partial charge is 0.270 e. The maximum absolute atomic E-state index is 12.1. The first-order valence-corrected chi connectivity index (χ1v) is 5.46. The van der Waals surface area contributed by atoms with Crippen LogP contribution in [0.4, 0.5) is 5.69 Å². The van der Waals surface area contributed by atoms with E-state index in [-0.39, 0.29) is 12.0 Å². The van der Waals surface area contributed by atoms with E-state index in [1.54, 1.807) is 19.4 Å². The van der Waals surface area contributed by atoms with E-state index >= 15 is 0 Å². The minimum absolute atomic E-state index is 0.00144. The molecule has 1 aliphatic heterocycles. The van der Waals surface area contributed by atoms with Crippen molar-refractivity contribution < 1.29 is 9.53 Å². The first kappa shape index (κ1) is 11.0. The van der Waals surface area contributed by atoms with Gasteiger partial charge in [-0.3, -0.25) is 4.79 Å². The molecule has 3 N–H and O–H groups in total. The predicted molar refractivity (Wildman–Crippen MR) is 61.1 cm³/mol. The molecule has 1 fully saturated rings. The first-order chi connectivity index (χ1) is 7.70. The summed E-state index contributed by atoms with van der Waals surface area (Å²) in [6.07, 6.45) is 3.79. The Hall–Kier alpha value is -1.49. The zero-order valence-corrected chi connectivity index (χ0v) is 9.40. The van der Waals surface area contributed by atoms with E-state index in [9.17, 15) is 4.79 Å². The molecule has 0 aliphatic carbocycles. The molecular weight excluding hydrogens is 206 g/mol. The molecule has 0 saturated carbocycles. The molecule has 2 rings (SSSR count). The fraction of sp³-hybridized carbons (Fsp3) is 0.545. The number of aromatic amines is 1. The highest BCUT2D eigenvalue weighted by molar-refractivity contribution is 5.93. The maximum Gasteiger partial charge on any atom is 0.270 e. The summed E-state index contributed by atoms with van der Waals surface area (Å²) >= 11 is 0. The molecule has 1 aromatic rings. The minimum Gasteiger partial charge on any atom is -0.397 e. The van der Waals surface area contributed by atoms with Crippen LogP contribution in [0.2, 0.25) is 0 Å². The van der Waals surface area contributed by atoms with Crippen molar-refractivity contribution in [3.8, 4) is 0 Å². The first-order valence-electron chi connectivity index (χ1n) is 5.46. The van der Waals surface area contributed by atoms with Crippen LogP contribution in [0.25, 0.3) is 0 Å². The third-order valence-electron chi connectivity index (χ3n) is 2.93. The summed E-state index contributed by atoms with van der Waals surface area (Å²) < 4.78 is 5.28. The second kappa shape index (κ2) is 4.57. The monoisotopic (exact) mass is 223 g/mol. The lowest BCUT2D eigenvalue weighted by Gasteiger charge is -2.31. The topological polar surface area (TPSA) is 71.3 Å². The number of hydrogen-bond donors (Lipinski definition) is 2. The summed E-state index contributed by atoms with van der Waals surface area (Å²) in [5.41, 5.74) is 6.71. The van der Waals surface area contributed by atoms with E-state index in [2.05, 4.69) is 4.98 Å². The number of methoxy groups -OCH3 is 1. The molecule has 88 valence electrons. The van der Waals surface area contributed by atoms with Gasteiger partial charge in [0.1, 0.15) is 5.69 Å². The Balaban J connectivity index is 2.04. The number of nitrogens with zero attached hydrogens (tertiary/aromatic N) is 1. The van der Waals surface area contributed by atoms with Gasteiger partial charge in [-0.1, -0.05) is 0 Å². The second-order valence-electron chi connectivity index (χ2n) is 4.10. The Labute approximate surface area is 94.6 Å². The van der Waals surface area contributed by atoms with Crippen molar-refractivity contribution in [3.63, 3.8) is 0 Å². The van der Waals surface area contributed by atoms with Crippen LogP contribution in [-0.2, 0) is 4.74 Å². The molecule has 1 aromatic heterocycles. The van der Waals surface area contributed by atoms with E-state index in [4.69, 9.17) is 10.5 Å². The average Bonchev–Trinajstić information content (AvgIpc) is 2.75. The molecule has 0 radical (unpaired) electrons. The van der Waals surface area contributed by atoms with E-state index in [0.29, 0.717) is 17.9 Å². The van der Waals surface area contributed by atoms with E-state index in [0.717, 1.165) is 19.4 Å². The van der Waals surface area contributed by atoms with E-state index in [1.807, 2.05) is 4.90 Å². The second-order valence-corrected chi connectivity index (χ2v) is 4.10. The van der Waals surface area contributed by atoms with Gasteiger partial charge < -0.3 is 20.4 Å². The molecule has 0 aromatic carbocycles. The summed E-state index contributed by atoms with van der Waals surface area (Å²) in [6.45, 7) is 1.45. The van der Waals surface area contributed by atoms with Gasteiger partial charge in [0.2, 0.25) is 0 Å². The summed E-state index contributed by atoms with van der Waals surface area (Å²) in [5.74, 6) is -0.00144. The Bertz CT molecular complexity index is 375. The normalized spacial score (nSPS) is 21.1. The van der Waals surface area contributed by atoms with E-state index < -0.39 is 0 Å². The van der Waals surface area contributed by atoms with Crippen molar-refractivity contribution >= 4 is 11.6 Å². The zero-order valence-electron chi connectivity index (χ0n) is 9.40. The number of nitrogens with one attached hydrogen (secondary N) is 1. The summed E-state index contributed by atoms with van der Waals surface area (Å²) in [7, 11) is 1.69. The number of piperidine rings is 1. The number of rotatable bonds is 2. The van der Waals surface area contributed by atoms with Crippen molar-refractivity contribution in [2.75, 3.05) is 25.9 Å². The number of aromatic nitrogens is 1. The molecule has 5 heteroatoms. The van der Waals surface area contributed by atoms with Gasteiger partial charge in [0.25, 0.3) is 5.91 Å². The van der Waals surface area contributed by atoms with Gasteiger partial charge in [-0.2, -0.15) is 0 Å². The summed E-state index contributed by atoms with van der Waals surface area (Å²) in [6, 6.07) is 1.67. The quantitative estimate of drug-likeness (QED) is 0.780. The number of amides is 1. The Morgan fingerprint density at radius 3 is 3.12 bits per heavy atom. The number of ether oxygens (including phenoxy) is 1. The maximum atomic E-state index is 12.1. The van der Waals surface area contributed by atoms with Crippen LogP contribution in [0.15, 0.2) is 12.3 Å². The van der Waals surface area contributed by atoms with Gasteiger partial charge in [-0.05, 0) is 18.9 Å². The highest BCUT2D eigenvalue weighted by Gasteiger charge is 2.24. The van der Waals surface area contributed by atoms with Gasteiger partial charge in [-0.15, -0.1) is 0 Å². The van der Waals surface area contributed by atoms with Gasteiger partial charge in [-0.25, -0.2) is 0 Å². The largest absolute Gasteiger partial charge is 0.397 e. The molecule has 1 unspecified atom stereocenters. The molecule has 0 bridgehead atoms. The summed E-state index contributed by atoms with van der Waals surface area (Å²) in [5, 5.41) is 0. The Morgan fingerprint density at radius 1 is 1.69 bits per heavy atom. The number of nitrogen functional groups attached to an aromatic ring is 1. The van der Waals surface area contributed by atoms with Gasteiger partial charge in [0.05, 0.1) is 6.10 Å². The van der Waals surface area contributed by atoms with E-state index in [1.165, 1.54) is 0 Å². The molecule has 1 amide bonds. The lowest BCUT2D eigenvalue weighted by Crippen LogP contribution is -2.43. The molecule has 1 saturated heterocycles. The number of hydrogen-bond acceptors (Lipinski definition) is 3. The van der Waals surface area contributed by atoms with Crippen LogP contribution in [0.3, 0.4) is 0 Å². The van der Waals surface area contributed by atoms with Crippen LogP contribution in [0.5, 0.6) is 0 Å². The molecular formula is C11H17N3O2.